The molecule has 1 atom stereocenters. The average molecular weight is 247 g/mol. The Labute approximate surface area is 109 Å². The number of nitrogens with zero attached hydrogens (tertiary/aromatic N) is 1. The van der Waals surface area contributed by atoms with E-state index in [2.05, 4.69) is 23.1 Å². The molecule has 1 heterocycles. The summed E-state index contributed by atoms with van der Waals surface area (Å²) in [6, 6.07) is 7.04. The molecule has 0 unspecified atom stereocenters. The Balaban J connectivity index is 1.91. The van der Waals surface area contributed by atoms with Crippen LogP contribution < -0.4 is 4.74 Å². The Morgan fingerprint density at radius 3 is 2.89 bits per heavy atom. The molecule has 0 spiro atoms. The van der Waals surface area contributed by atoms with Crippen LogP contribution in [0.2, 0.25) is 0 Å². The van der Waals surface area contributed by atoms with Gasteiger partial charge in [0.2, 0.25) is 0 Å². The van der Waals surface area contributed by atoms with Crippen molar-refractivity contribution < 1.29 is 9.47 Å². The molecule has 1 aromatic rings. The monoisotopic (exact) mass is 247 g/mol. The lowest BCUT2D eigenvalue weighted by molar-refractivity contribution is 0.0123. The Morgan fingerprint density at radius 1 is 1.28 bits per heavy atom. The fourth-order valence-corrected chi connectivity index (χ4v) is 3.25. The van der Waals surface area contributed by atoms with Gasteiger partial charge in [0.1, 0.15) is 5.75 Å². The van der Waals surface area contributed by atoms with E-state index in [1.807, 2.05) is 0 Å². The van der Waals surface area contributed by atoms with Gasteiger partial charge in [0, 0.05) is 19.1 Å². The van der Waals surface area contributed by atoms with Gasteiger partial charge >= 0.3 is 0 Å². The number of morpholine rings is 1. The summed E-state index contributed by atoms with van der Waals surface area (Å²) in [5.41, 5.74) is 2.89. The van der Waals surface area contributed by atoms with Crippen molar-refractivity contribution in [2.24, 2.45) is 0 Å². The SMILES string of the molecule is COc1cccc2c1CCC[C@@H]2N1CCOCC1. The first-order valence-electron chi connectivity index (χ1n) is 6.87. The first-order valence-corrected chi connectivity index (χ1v) is 6.87. The second-order valence-electron chi connectivity index (χ2n) is 5.08. The van der Waals surface area contributed by atoms with E-state index in [1.54, 1.807) is 7.11 Å². The fraction of sp³-hybridized carbons (Fsp3) is 0.600. The molecule has 1 aromatic carbocycles. The molecule has 0 saturated carbocycles. The van der Waals surface area contributed by atoms with E-state index in [9.17, 15) is 0 Å². The fourth-order valence-electron chi connectivity index (χ4n) is 3.25. The number of rotatable bonds is 2. The number of ether oxygens (including phenoxy) is 2. The van der Waals surface area contributed by atoms with Crippen LogP contribution in [-0.4, -0.2) is 38.3 Å². The topological polar surface area (TPSA) is 21.7 Å². The third kappa shape index (κ3) is 2.13. The van der Waals surface area contributed by atoms with E-state index < -0.39 is 0 Å². The van der Waals surface area contributed by atoms with E-state index in [0.717, 1.165) is 38.5 Å². The summed E-state index contributed by atoms with van der Waals surface area (Å²) in [5, 5.41) is 0. The first-order chi connectivity index (χ1) is 8.90. The van der Waals surface area contributed by atoms with Gasteiger partial charge in [0.05, 0.1) is 20.3 Å². The zero-order valence-electron chi connectivity index (χ0n) is 11.0. The number of benzene rings is 1. The molecule has 1 fully saturated rings. The maximum Gasteiger partial charge on any atom is 0.122 e. The van der Waals surface area contributed by atoms with Crippen molar-refractivity contribution in [3.8, 4) is 5.75 Å². The highest BCUT2D eigenvalue weighted by Crippen LogP contribution is 2.38. The van der Waals surface area contributed by atoms with Crippen LogP contribution in [0.5, 0.6) is 5.75 Å². The summed E-state index contributed by atoms with van der Waals surface area (Å²) in [5.74, 6) is 1.06. The largest absolute Gasteiger partial charge is 0.496 e. The van der Waals surface area contributed by atoms with Crippen molar-refractivity contribution in [3.63, 3.8) is 0 Å². The average Bonchev–Trinajstić information content (AvgIpc) is 2.47. The van der Waals surface area contributed by atoms with Crippen molar-refractivity contribution in [2.45, 2.75) is 25.3 Å². The molecular weight excluding hydrogens is 226 g/mol. The Bertz CT molecular complexity index is 413. The first kappa shape index (κ1) is 12.0. The molecule has 0 N–H and O–H groups in total. The van der Waals surface area contributed by atoms with Crippen LogP contribution in [0.4, 0.5) is 0 Å². The Kier molecular flexibility index (Phi) is 3.52. The maximum absolute atomic E-state index is 5.51. The number of hydrogen-bond donors (Lipinski definition) is 0. The molecule has 3 heteroatoms. The van der Waals surface area contributed by atoms with Gasteiger partial charge in [0.25, 0.3) is 0 Å². The number of methoxy groups -OCH3 is 1. The Morgan fingerprint density at radius 2 is 2.11 bits per heavy atom. The van der Waals surface area contributed by atoms with Crippen LogP contribution in [0.3, 0.4) is 0 Å². The summed E-state index contributed by atoms with van der Waals surface area (Å²) in [4.78, 5) is 2.57. The minimum Gasteiger partial charge on any atom is -0.496 e. The maximum atomic E-state index is 5.51. The third-order valence-corrected chi connectivity index (χ3v) is 4.14. The number of hydrogen-bond acceptors (Lipinski definition) is 3. The van der Waals surface area contributed by atoms with Gasteiger partial charge < -0.3 is 9.47 Å². The van der Waals surface area contributed by atoms with Crippen molar-refractivity contribution in [1.29, 1.82) is 0 Å². The van der Waals surface area contributed by atoms with E-state index in [0.29, 0.717) is 6.04 Å². The van der Waals surface area contributed by atoms with E-state index >= 15 is 0 Å². The molecule has 0 amide bonds. The minimum atomic E-state index is 0.563. The predicted molar refractivity (Wildman–Crippen MR) is 71.1 cm³/mol. The van der Waals surface area contributed by atoms with E-state index in [1.165, 1.54) is 24.0 Å². The standard InChI is InChI=1S/C15H21NO2/c1-17-15-7-3-4-12-13(15)5-2-6-14(12)16-8-10-18-11-9-16/h3-4,7,14H,2,5-6,8-11H2,1H3/t14-/m0/s1. The quantitative estimate of drug-likeness (QED) is 0.801. The van der Waals surface area contributed by atoms with Crippen molar-refractivity contribution in [1.82, 2.24) is 4.90 Å². The molecule has 0 aromatic heterocycles. The summed E-state index contributed by atoms with van der Waals surface area (Å²) in [6.07, 6.45) is 3.68. The summed E-state index contributed by atoms with van der Waals surface area (Å²) in [7, 11) is 1.77. The molecule has 1 aliphatic carbocycles. The molecule has 0 bridgehead atoms. The lowest BCUT2D eigenvalue weighted by Gasteiger charge is -2.38. The molecule has 3 rings (SSSR count). The normalized spacial score (nSPS) is 24.6. The number of fused-ring (bicyclic) bond motifs is 1. The molecule has 3 nitrogen and oxygen atoms in total. The smallest absolute Gasteiger partial charge is 0.122 e. The van der Waals surface area contributed by atoms with Crippen molar-refractivity contribution >= 4 is 0 Å². The summed E-state index contributed by atoms with van der Waals surface area (Å²) >= 11 is 0. The summed E-state index contributed by atoms with van der Waals surface area (Å²) < 4.78 is 11.0. The molecule has 2 aliphatic rings. The second-order valence-corrected chi connectivity index (χ2v) is 5.08. The van der Waals surface area contributed by atoms with Gasteiger partial charge in [-0.15, -0.1) is 0 Å². The van der Waals surface area contributed by atoms with Gasteiger partial charge in [-0.25, -0.2) is 0 Å². The van der Waals surface area contributed by atoms with Gasteiger partial charge in [-0.05, 0) is 36.5 Å². The second kappa shape index (κ2) is 5.29. The van der Waals surface area contributed by atoms with Crippen LogP contribution >= 0.6 is 0 Å². The molecule has 18 heavy (non-hydrogen) atoms. The zero-order chi connectivity index (χ0) is 12.4. The highest BCUT2D eigenvalue weighted by atomic mass is 16.5. The lowest BCUT2D eigenvalue weighted by atomic mass is 9.86. The zero-order valence-corrected chi connectivity index (χ0v) is 11.0. The molecule has 98 valence electrons. The van der Waals surface area contributed by atoms with Crippen molar-refractivity contribution in [3.05, 3.63) is 29.3 Å². The molecule has 0 radical (unpaired) electrons. The van der Waals surface area contributed by atoms with Crippen LogP contribution in [0.25, 0.3) is 0 Å². The molecular formula is C15H21NO2. The van der Waals surface area contributed by atoms with E-state index in [-0.39, 0.29) is 0 Å². The van der Waals surface area contributed by atoms with Gasteiger partial charge in [-0.2, -0.15) is 0 Å². The van der Waals surface area contributed by atoms with Gasteiger partial charge in [-0.1, -0.05) is 12.1 Å². The molecule has 1 aliphatic heterocycles. The van der Waals surface area contributed by atoms with Crippen LogP contribution in [-0.2, 0) is 11.2 Å². The van der Waals surface area contributed by atoms with Crippen molar-refractivity contribution in [2.75, 3.05) is 33.4 Å². The minimum absolute atomic E-state index is 0.563. The lowest BCUT2D eigenvalue weighted by Crippen LogP contribution is -2.40. The van der Waals surface area contributed by atoms with Gasteiger partial charge in [-0.3, -0.25) is 4.90 Å². The molecule has 1 saturated heterocycles. The third-order valence-electron chi connectivity index (χ3n) is 4.14. The summed E-state index contributed by atoms with van der Waals surface area (Å²) in [6.45, 7) is 3.86. The van der Waals surface area contributed by atoms with E-state index in [4.69, 9.17) is 9.47 Å². The Hall–Kier alpha value is -1.06. The van der Waals surface area contributed by atoms with Crippen LogP contribution in [0, 0.1) is 0 Å². The highest BCUT2D eigenvalue weighted by Gasteiger charge is 2.28. The van der Waals surface area contributed by atoms with Gasteiger partial charge in [0.15, 0.2) is 0 Å². The predicted octanol–water partition coefficient (Wildman–Crippen LogP) is 2.40. The highest BCUT2D eigenvalue weighted by molar-refractivity contribution is 5.43. The van der Waals surface area contributed by atoms with Crippen LogP contribution in [0.15, 0.2) is 18.2 Å². The van der Waals surface area contributed by atoms with Crippen LogP contribution in [0.1, 0.15) is 30.0 Å².